The second-order valence-electron chi connectivity index (χ2n) is 10.1. The minimum atomic E-state index is -0.955. The van der Waals surface area contributed by atoms with E-state index in [1.54, 1.807) is 0 Å². The van der Waals surface area contributed by atoms with Gasteiger partial charge in [0.15, 0.2) is 6.61 Å². The molecule has 0 bridgehead atoms. The summed E-state index contributed by atoms with van der Waals surface area (Å²) in [4.78, 5) is 50.5. The Balaban J connectivity index is 1.44. The average Bonchev–Trinajstić information content (AvgIpc) is 2.89. The van der Waals surface area contributed by atoms with Crippen molar-refractivity contribution >= 4 is 23.8 Å². The first-order valence-corrected chi connectivity index (χ1v) is 11.3. The Morgan fingerprint density at radius 2 is 2.03 bits per heavy atom. The number of ether oxygens (including phenoxy) is 1. The average molecular weight is 434 g/mol. The molecule has 1 saturated heterocycles. The standard InChI is InChI=1S/C23H35N3O5/c1-16-11-22(2,3)15-23(12-16)20(29)26(21(30)25-23)13-19(28)31-14-18(27)24-10-9-17-7-5-4-6-8-17/h7,16H,4-6,8-15H2,1-3H3,(H,24,27)(H,25,30)/t16-,23+/m1/s1. The van der Waals surface area contributed by atoms with Gasteiger partial charge in [0.25, 0.3) is 11.8 Å². The van der Waals surface area contributed by atoms with E-state index in [9.17, 15) is 19.2 Å². The number of imide groups is 1. The summed E-state index contributed by atoms with van der Waals surface area (Å²) in [6.07, 6.45) is 9.71. The Labute approximate surface area is 184 Å². The van der Waals surface area contributed by atoms with E-state index in [0.717, 1.165) is 30.6 Å². The smallest absolute Gasteiger partial charge is 0.326 e. The fraction of sp³-hybridized carbons (Fsp3) is 0.739. The zero-order valence-corrected chi connectivity index (χ0v) is 18.9. The van der Waals surface area contributed by atoms with Crippen molar-refractivity contribution in [3.05, 3.63) is 11.6 Å². The Morgan fingerprint density at radius 3 is 2.71 bits per heavy atom. The quantitative estimate of drug-likeness (QED) is 0.365. The first-order chi connectivity index (χ1) is 14.6. The molecule has 0 aromatic rings. The fourth-order valence-electron chi connectivity index (χ4n) is 5.52. The second-order valence-corrected chi connectivity index (χ2v) is 10.1. The molecule has 2 N–H and O–H groups in total. The van der Waals surface area contributed by atoms with Gasteiger partial charge in [0.1, 0.15) is 12.1 Å². The minimum absolute atomic E-state index is 0.0805. The molecule has 0 aromatic carbocycles. The van der Waals surface area contributed by atoms with Gasteiger partial charge in [0.05, 0.1) is 0 Å². The number of carbonyl (C=O) groups excluding carboxylic acids is 4. The van der Waals surface area contributed by atoms with Crippen molar-refractivity contribution in [1.82, 2.24) is 15.5 Å². The predicted octanol–water partition coefficient (Wildman–Crippen LogP) is 2.67. The molecule has 172 valence electrons. The number of allylic oxidation sites excluding steroid dienone is 1. The van der Waals surface area contributed by atoms with Gasteiger partial charge in [-0.1, -0.05) is 32.4 Å². The third-order valence-corrected chi connectivity index (χ3v) is 6.43. The molecule has 2 atom stereocenters. The van der Waals surface area contributed by atoms with Crippen LogP contribution < -0.4 is 10.6 Å². The highest BCUT2D eigenvalue weighted by atomic mass is 16.5. The van der Waals surface area contributed by atoms with Crippen LogP contribution in [-0.2, 0) is 19.1 Å². The predicted molar refractivity (Wildman–Crippen MR) is 115 cm³/mol. The van der Waals surface area contributed by atoms with Crippen molar-refractivity contribution < 1.29 is 23.9 Å². The van der Waals surface area contributed by atoms with E-state index in [-0.39, 0.29) is 23.1 Å². The van der Waals surface area contributed by atoms with Gasteiger partial charge < -0.3 is 15.4 Å². The molecule has 0 aromatic heterocycles. The van der Waals surface area contributed by atoms with E-state index >= 15 is 0 Å². The number of amides is 4. The monoisotopic (exact) mass is 433 g/mol. The van der Waals surface area contributed by atoms with Gasteiger partial charge in [-0.25, -0.2) is 4.79 Å². The second kappa shape index (κ2) is 9.40. The van der Waals surface area contributed by atoms with E-state index < -0.39 is 30.7 Å². The van der Waals surface area contributed by atoms with Crippen LogP contribution in [0.2, 0.25) is 0 Å². The lowest BCUT2D eigenvalue weighted by molar-refractivity contribution is -0.151. The summed E-state index contributed by atoms with van der Waals surface area (Å²) < 4.78 is 5.00. The number of carbonyl (C=O) groups is 4. The summed E-state index contributed by atoms with van der Waals surface area (Å²) in [5.41, 5.74) is 0.323. The Morgan fingerprint density at radius 1 is 1.26 bits per heavy atom. The van der Waals surface area contributed by atoms with Crippen LogP contribution in [0.15, 0.2) is 11.6 Å². The summed E-state index contributed by atoms with van der Waals surface area (Å²) in [7, 11) is 0. The van der Waals surface area contributed by atoms with Gasteiger partial charge >= 0.3 is 12.0 Å². The molecule has 31 heavy (non-hydrogen) atoms. The maximum absolute atomic E-state index is 13.0. The van der Waals surface area contributed by atoms with Crippen LogP contribution in [0.25, 0.3) is 0 Å². The van der Waals surface area contributed by atoms with Crippen LogP contribution >= 0.6 is 0 Å². The van der Waals surface area contributed by atoms with Crippen LogP contribution in [0.4, 0.5) is 4.79 Å². The molecule has 3 rings (SSSR count). The molecule has 8 heteroatoms. The van der Waals surface area contributed by atoms with Crippen molar-refractivity contribution in [3.63, 3.8) is 0 Å². The van der Waals surface area contributed by atoms with Crippen molar-refractivity contribution in [3.8, 4) is 0 Å². The van der Waals surface area contributed by atoms with E-state index in [1.165, 1.54) is 18.4 Å². The van der Waals surface area contributed by atoms with E-state index in [2.05, 4.69) is 37.5 Å². The van der Waals surface area contributed by atoms with E-state index in [0.29, 0.717) is 19.4 Å². The summed E-state index contributed by atoms with van der Waals surface area (Å²) in [6, 6.07) is -0.572. The van der Waals surface area contributed by atoms with Gasteiger partial charge in [0, 0.05) is 6.54 Å². The number of nitrogens with one attached hydrogen (secondary N) is 2. The maximum Gasteiger partial charge on any atom is 0.326 e. The topological polar surface area (TPSA) is 105 Å². The highest BCUT2D eigenvalue weighted by Gasteiger charge is 2.56. The lowest BCUT2D eigenvalue weighted by atomic mass is 9.64. The number of rotatable bonds is 7. The SMILES string of the molecule is C[C@@H]1CC(C)(C)C[C@]2(C1)NC(=O)N(CC(=O)OCC(=O)NCCC1=CCCCC1)C2=O. The fourth-order valence-corrected chi connectivity index (χ4v) is 5.52. The Bertz CT molecular complexity index is 775. The number of hydrogen-bond acceptors (Lipinski definition) is 5. The first-order valence-electron chi connectivity index (χ1n) is 11.3. The summed E-state index contributed by atoms with van der Waals surface area (Å²) in [6.45, 7) is 5.85. The third kappa shape index (κ3) is 5.86. The molecular weight excluding hydrogens is 398 g/mol. The van der Waals surface area contributed by atoms with Gasteiger partial charge in [-0.2, -0.15) is 0 Å². The van der Waals surface area contributed by atoms with Crippen molar-refractivity contribution in [2.75, 3.05) is 19.7 Å². The molecule has 1 saturated carbocycles. The van der Waals surface area contributed by atoms with E-state index in [1.807, 2.05) is 0 Å². The van der Waals surface area contributed by atoms with Crippen LogP contribution in [0.3, 0.4) is 0 Å². The van der Waals surface area contributed by atoms with Gasteiger partial charge in [-0.05, 0) is 62.7 Å². The van der Waals surface area contributed by atoms with Crippen molar-refractivity contribution in [1.29, 1.82) is 0 Å². The van der Waals surface area contributed by atoms with E-state index in [4.69, 9.17) is 4.74 Å². The number of hydrogen-bond donors (Lipinski definition) is 2. The first kappa shape index (κ1) is 23.3. The largest absolute Gasteiger partial charge is 0.454 e. The summed E-state index contributed by atoms with van der Waals surface area (Å²) >= 11 is 0. The molecule has 1 heterocycles. The lowest BCUT2D eigenvalue weighted by Gasteiger charge is -2.43. The van der Waals surface area contributed by atoms with Crippen molar-refractivity contribution in [2.45, 2.75) is 77.7 Å². The number of nitrogens with zero attached hydrogens (tertiary/aromatic N) is 1. The van der Waals surface area contributed by atoms with Crippen LogP contribution in [0.5, 0.6) is 0 Å². The Hall–Kier alpha value is -2.38. The number of esters is 1. The molecule has 8 nitrogen and oxygen atoms in total. The zero-order valence-electron chi connectivity index (χ0n) is 18.9. The molecule has 1 spiro atoms. The van der Waals surface area contributed by atoms with Crippen LogP contribution in [0.1, 0.15) is 72.1 Å². The minimum Gasteiger partial charge on any atom is -0.454 e. The zero-order chi connectivity index (χ0) is 22.6. The summed E-state index contributed by atoms with van der Waals surface area (Å²) in [5, 5.41) is 5.57. The number of urea groups is 1. The molecular formula is C23H35N3O5. The molecule has 4 amide bonds. The third-order valence-electron chi connectivity index (χ3n) is 6.43. The molecule has 0 radical (unpaired) electrons. The van der Waals surface area contributed by atoms with Crippen LogP contribution in [0, 0.1) is 11.3 Å². The molecule has 2 fully saturated rings. The molecule has 1 aliphatic heterocycles. The highest BCUT2D eigenvalue weighted by molar-refractivity contribution is 6.08. The molecule has 3 aliphatic rings. The maximum atomic E-state index is 13.0. The van der Waals surface area contributed by atoms with Gasteiger partial charge in [-0.15, -0.1) is 0 Å². The van der Waals surface area contributed by atoms with Gasteiger partial charge in [0.2, 0.25) is 0 Å². The summed E-state index contributed by atoms with van der Waals surface area (Å²) in [5.74, 6) is -1.25. The van der Waals surface area contributed by atoms with Crippen LogP contribution in [-0.4, -0.2) is 54.0 Å². The molecule has 2 aliphatic carbocycles. The lowest BCUT2D eigenvalue weighted by Crippen LogP contribution is -2.54. The highest BCUT2D eigenvalue weighted by Crippen LogP contribution is 2.46. The Kier molecular flexibility index (Phi) is 7.06. The van der Waals surface area contributed by atoms with Crippen molar-refractivity contribution in [2.24, 2.45) is 11.3 Å². The van der Waals surface area contributed by atoms with Gasteiger partial charge in [-0.3, -0.25) is 19.3 Å². The molecule has 0 unspecified atom stereocenters. The normalized spacial score (nSPS) is 27.6.